The lowest BCUT2D eigenvalue weighted by atomic mass is 10.1. The highest BCUT2D eigenvalue weighted by molar-refractivity contribution is 6.00. The van der Waals surface area contributed by atoms with Gasteiger partial charge in [0.25, 0.3) is 5.69 Å². The van der Waals surface area contributed by atoms with Crippen LogP contribution in [0.2, 0.25) is 0 Å². The Balaban J connectivity index is 1.74. The number of aryl methyl sites for hydroxylation is 2. The van der Waals surface area contributed by atoms with Gasteiger partial charge in [-0.05, 0) is 12.5 Å². The number of carbonyl (C=O) groups is 1. The highest BCUT2D eigenvalue weighted by atomic mass is 16.6. The maximum absolute atomic E-state index is 12.1. The maximum atomic E-state index is 12.1. The van der Waals surface area contributed by atoms with Crippen LogP contribution in [0.3, 0.4) is 0 Å². The molecule has 9 nitrogen and oxygen atoms in total. The first kappa shape index (κ1) is 14.7. The normalized spacial score (nSPS) is 10.9. The minimum atomic E-state index is -0.476. The first-order chi connectivity index (χ1) is 11.0. The topological polar surface area (TPSA) is 119 Å². The third-order valence-electron chi connectivity index (χ3n) is 3.49. The van der Waals surface area contributed by atoms with E-state index in [0.717, 1.165) is 11.1 Å². The zero-order valence-corrected chi connectivity index (χ0v) is 12.5. The highest BCUT2D eigenvalue weighted by Gasteiger charge is 2.16. The number of hydrogen-bond acceptors (Lipinski definition) is 5. The van der Waals surface area contributed by atoms with Crippen molar-refractivity contribution in [2.45, 2.75) is 13.3 Å². The summed E-state index contributed by atoms with van der Waals surface area (Å²) in [4.78, 5) is 22.3. The molecule has 0 aliphatic heterocycles. The molecule has 2 heterocycles. The van der Waals surface area contributed by atoms with E-state index in [9.17, 15) is 14.9 Å². The first-order valence-corrected chi connectivity index (χ1v) is 6.86. The summed E-state index contributed by atoms with van der Waals surface area (Å²) < 4.78 is 1.63. The third-order valence-corrected chi connectivity index (χ3v) is 3.49. The Kier molecular flexibility index (Phi) is 3.53. The number of non-ortho nitro benzene ring substituents is 1. The number of nitro groups is 1. The van der Waals surface area contributed by atoms with Gasteiger partial charge in [-0.15, -0.1) is 0 Å². The lowest BCUT2D eigenvalue weighted by Gasteiger charge is -2.03. The first-order valence-electron chi connectivity index (χ1n) is 6.86. The number of nitrogens with zero attached hydrogens (tertiary/aromatic N) is 4. The average Bonchev–Trinajstić information content (AvgIpc) is 3.02. The van der Waals surface area contributed by atoms with Crippen LogP contribution in [0.25, 0.3) is 11.0 Å². The third kappa shape index (κ3) is 2.76. The molecule has 0 bridgehead atoms. The number of hydrogen-bond donors (Lipinski definition) is 2. The van der Waals surface area contributed by atoms with Crippen LogP contribution in [0, 0.1) is 17.0 Å². The summed E-state index contributed by atoms with van der Waals surface area (Å²) in [7, 11) is 1.78. The summed E-state index contributed by atoms with van der Waals surface area (Å²) in [5.74, 6) is 0.255. The fourth-order valence-corrected chi connectivity index (χ4v) is 2.43. The number of amides is 1. The van der Waals surface area contributed by atoms with Crippen molar-refractivity contribution in [1.29, 1.82) is 0 Å². The van der Waals surface area contributed by atoms with Crippen LogP contribution < -0.4 is 5.32 Å². The minimum Gasteiger partial charge on any atom is -0.310 e. The molecule has 2 aromatic heterocycles. The number of benzene rings is 1. The van der Waals surface area contributed by atoms with E-state index in [2.05, 4.69) is 20.6 Å². The number of aromatic amines is 1. The second-order valence-electron chi connectivity index (χ2n) is 5.15. The van der Waals surface area contributed by atoms with Gasteiger partial charge in [-0.3, -0.25) is 20.0 Å². The summed E-state index contributed by atoms with van der Waals surface area (Å²) in [6, 6.07) is 5.88. The summed E-state index contributed by atoms with van der Waals surface area (Å²) in [6.07, 6.45) is 0.109. The van der Waals surface area contributed by atoms with Crippen LogP contribution >= 0.6 is 0 Å². The molecule has 0 spiro atoms. The fraction of sp³-hybridized carbons (Fsp3) is 0.214. The van der Waals surface area contributed by atoms with Gasteiger partial charge in [0, 0.05) is 19.2 Å². The van der Waals surface area contributed by atoms with Gasteiger partial charge < -0.3 is 5.32 Å². The van der Waals surface area contributed by atoms with Crippen molar-refractivity contribution in [2.24, 2.45) is 7.05 Å². The quantitative estimate of drug-likeness (QED) is 0.561. The number of rotatable bonds is 4. The van der Waals surface area contributed by atoms with Crippen LogP contribution in [0.15, 0.2) is 24.3 Å². The van der Waals surface area contributed by atoms with E-state index in [1.165, 1.54) is 12.1 Å². The van der Waals surface area contributed by atoms with Gasteiger partial charge in [0.05, 0.1) is 22.4 Å². The molecule has 0 radical (unpaired) electrons. The smallest absolute Gasteiger partial charge is 0.269 e. The second-order valence-corrected chi connectivity index (χ2v) is 5.15. The Bertz CT molecular complexity index is 893. The van der Waals surface area contributed by atoms with Gasteiger partial charge in [-0.25, -0.2) is 4.68 Å². The molecule has 9 heteroatoms. The van der Waals surface area contributed by atoms with Crippen LogP contribution in [-0.4, -0.2) is 30.8 Å². The van der Waals surface area contributed by atoms with E-state index in [1.807, 2.05) is 6.92 Å². The number of nitro benzene ring substituents is 1. The number of carbonyl (C=O) groups excluding carboxylic acids is 1. The van der Waals surface area contributed by atoms with Gasteiger partial charge >= 0.3 is 0 Å². The standard InChI is InChI=1S/C14H14N6O3/c1-8-12-13(16-17-14(12)19(2)18-8)15-11(21)7-9-3-5-10(6-4-9)20(22)23/h3-6H,7H2,1-2H3,(H2,15,16,17,21). The molecule has 0 atom stereocenters. The van der Waals surface area contributed by atoms with Crippen LogP contribution in [0.1, 0.15) is 11.3 Å². The number of aromatic nitrogens is 4. The molecule has 0 saturated carbocycles. The SMILES string of the molecule is Cc1nn(C)c2n[nH]c(NC(=O)Cc3ccc([N+](=O)[O-])cc3)c12. The molecule has 23 heavy (non-hydrogen) atoms. The van der Waals surface area contributed by atoms with Crippen molar-refractivity contribution in [3.63, 3.8) is 0 Å². The van der Waals surface area contributed by atoms with Crippen molar-refractivity contribution in [3.8, 4) is 0 Å². The van der Waals surface area contributed by atoms with E-state index in [1.54, 1.807) is 23.9 Å². The molecule has 3 aromatic rings. The molecule has 0 saturated heterocycles. The van der Waals surface area contributed by atoms with Gasteiger partial charge in [0.1, 0.15) is 5.82 Å². The molecule has 0 fully saturated rings. The minimum absolute atomic E-state index is 0.00424. The molecule has 0 aliphatic carbocycles. The van der Waals surface area contributed by atoms with Gasteiger partial charge in [-0.1, -0.05) is 12.1 Å². The van der Waals surface area contributed by atoms with Crippen LogP contribution in [0.4, 0.5) is 11.5 Å². The van der Waals surface area contributed by atoms with E-state index < -0.39 is 4.92 Å². The summed E-state index contributed by atoms with van der Waals surface area (Å²) in [6.45, 7) is 1.84. The predicted octanol–water partition coefficient (Wildman–Crippen LogP) is 1.69. The Labute approximate surface area is 130 Å². The zero-order chi connectivity index (χ0) is 16.6. The van der Waals surface area contributed by atoms with Crippen molar-refractivity contribution >= 4 is 28.4 Å². The van der Waals surface area contributed by atoms with E-state index in [4.69, 9.17) is 0 Å². The number of nitrogens with one attached hydrogen (secondary N) is 2. The fourth-order valence-electron chi connectivity index (χ4n) is 2.43. The number of fused-ring (bicyclic) bond motifs is 1. The molecule has 1 amide bonds. The van der Waals surface area contributed by atoms with Crippen LogP contribution in [0.5, 0.6) is 0 Å². The lowest BCUT2D eigenvalue weighted by molar-refractivity contribution is -0.384. The van der Waals surface area contributed by atoms with Gasteiger partial charge in [0.2, 0.25) is 5.91 Å². The molecule has 118 valence electrons. The highest BCUT2D eigenvalue weighted by Crippen LogP contribution is 2.23. The Morgan fingerprint density at radius 3 is 2.74 bits per heavy atom. The van der Waals surface area contributed by atoms with Gasteiger partial charge in [-0.2, -0.15) is 10.2 Å². The van der Waals surface area contributed by atoms with E-state index in [0.29, 0.717) is 17.0 Å². The summed E-state index contributed by atoms with van der Waals surface area (Å²) in [5, 5.41) is 25.3. The largest absolute Gasteiger partial charge is 0.310 e. The molecule has 3 rings (SSSR count). The summed E-state index contributed by atoms with van der Waals surface area (Å²) >= 11 is 0. The number of H-pyrrole nitrogens is 1. The summed E-state index contributed by atoms with van der Waals surface area (Å²) in [5.41, 5.74) is 2.11. The van der Waals surface area contributed by atoms with Crippen molar-refractivity contribution in [1.82, 2.24) is 20.0 Å². The molecule has 0 unspecified atom stereocenters. The Hall–Kier alpha value is -3.23. The average molecular weight is 314 g/mol. The molecular weight excluding hydrogens is 300 g/mol. The van der Waals surface area contributed by atoms with Crippen molar-refractivity contribution < 1.29 is 9.72 Å². The maximum Gasteiger partial charge on any atom is 0.269 e. The van der Waals surface area contributed by atoms with Crippen molar-refractivity contribution in [2.75, 3.05) is 5.32 Å². The van der Waals surface area contributed by atoms with E-state index >= 15 is 0 Å². The Morgan fingerprint density at radius 1 is 1.39 bits per heavy atom. The monoisotopic (exact) mass is 314 g/mol. The van der Waals surface area contributed by atoms with Crippen LogP contribution in [-0.2, 0) is 18.3 Å². The predicted molar refractivity (Wildman–Crippen MR) is 83.0 cm³/mol. The number of anilines is 1. The molecular formula is C14H14N6O3. The van der Waals surface area contributed by atoms with Gasteiger partial charge in [0.15, 0.2) is 5.65 Å². The lowest BCUT2D eigenvalue weighted by Crippen LogP contribution is -2.15. The zero-order valence-electron chi connectivity index (χ0n) is 12.5. The molecule has 0 aliphatic rings. The molecule has 2 N–H and O–H groups in total. The molecule has 1 aromatic carbocycles. The van der Waals surface area contributed by atoms with Crippen molar-refractivity contribution in [3.05, 3.63) is 45.6 Å². The second kappa shape index (κ2) is 5.52. The Morgan fingerprint density at radius 2 is 2.09 bits per heavy atom. The van der Waals surface area contributed by atoms with E-state index in [-0.39, 0.29) is 18.0 Å².